The SMILES string of the molecule is [C-]#[N+]c1c(C(=O)OC2C(C)CC(C)CC2C)c2nnc(C)n2c1=C(C)C.[C-]#[N+]c1c(C(=O)OCC)c2nc(C)nn2c1=C(C)C. The van der Waals surface area contributed by atoms with Gasteiger partial charge in [0, 0.05) is 0 Å². The number of ether oxygens (including phenoxy) is 2. The number of hydrogen-bond donors (Lipinski definition) is 0. The molecule has 1 aliphatic rings. The van der Waals surface area contributed by atoms with Crippen molar-refractivity contribution >= 4 is 45.8 Å². The minimum absolute atomic E-state index is 0.133. The number of rotatable bonds is 4. The molecule has 45 heavy (non-hydrogen) atoms. The van der Waals surface area contributed by atoms with Gasteiger partial charge >= 0.3 is 11.9 Å². The van der Waals surface area contributed by atoms with Crippen LogP contribution in [0.15, 0.2) is 0 Å². The molecule has 0 aromatic carbocycles. The average molecular weight is 613 g/mol. The number of carbonyl (C=O) groups excluding carboxylic acids is 2. The van der Waals surface area contributed by atoms with E-state index < -0.39 is 11.9 Å². The van der Waals surface area contributed by atoms with Crippen LogP contribution in [0.4, 0.5) is 11.4 Å². The number of hydrogen-bond acceptors (Lipinski definition) is 8. The van der Waals surface area contributed by atoms with E-state index in [1.807, 2.05) is 34.6 Å². The molecule has 0 spiro atoms. The Hall–Kier alpha value is -4.84. The second kappa shape index (κ2) is 13.0. The van der Waals surface area contributed by atoms with Gasteiger partial charge in [-0.25, -0.2) is 28.8 Å². The lowest BCUT2D eigenvalue weighted by molar-refractivity contribution is -0.0249. The summed E-state index contributed by atoms with van der Waals surface area (Å²) in [6, 6.07) is 0. The topological polar surface area (TPSA) is 122 Å². The molecule has 12 heteroatoms. The first-order valence-electron chi connectivity index (χ1n) is 15.1. The number of aryl methyl sites for hydroxylation is 2. The molecule has 0 radical (unpaired) electrons. The fourth-order valence-electron chi connectivity index (χ4n) is 6.49. The predicted octanol–water partition coefficient (Wildman–Crippen LogP) is 5.40. The zero-order valence-electron chi connectivity index (χ0n) is 27.6. The summed E-state index contributed by atoms with van der Waals surface area (Å²) in [6.45, 7) is 34.6. The van der Waals surface area contributed by atoms with Crippen molar-refractivity contribution in [1.82, 2.24) is 29.2 Å². The van der Waals surface area contributed by atoms with E-state index in [1.54, 1.807) is 22.8 Å². The van der Waals surface area contributed by atoms with E-state index in [0.717, 1.165) is 24.0 Å². The molecule has 0 N–H and O–H groups in total. The molecular formula is C33H40N8O4. The van der Waals surface area contributed by atoms with Crippen molar-refractivity contribution in [1.29, 1.82) is 0 Å². The maximum atomic E-state index is 13.1. The van der Waals surface area contributed by atoms with Crippen molar-refractivity contribution in [2.24, 2.45) is 17.8 Å². The van der Waals surface area contributed by atoms with E-state index in [9.17, 15) is 9.59 Å². The summed E-state index contributed by atoms with van der Waals surface area (Å²) in [7, 11) is 0. The van der Waals surface area contributed by atoms with E-state index in [4.69, 9.17) is 22.6 Å². The fourth-order valence-corrected chi connectivity index (χ4v) is 6.49. The first kappa shape index (κ1) is 33.1. The number of carbonyl (C=O) groups is 2. The number of fused-ring (bicyclic) bond motifs is 2. The van der Waals surface area contributed by atoms with Crippen LogP contribution in [0.1, 0.15) is 101 Å². The first-order valence-corrected chi connectivity index (χ1v) is 15.1. The van der Waals surface area contributed by atoms with Gasteiger partial charge < -0.3 is 9.47 Å². The highest BCUT2D eigenvalue weighted by molar-refractivity contribution is 6.04. The zero-order chi connectivity index (χ0) is 33.3. The molecule has 2 atom stereocenters. The standard InChI is InChI=1S/C20H26N4O2.C13H14N4O2/c1-10(2)17-16(21-7)15(19-23-22-14(6)24(17)19)20(25)26-18-12(4)8-11(3)9-13(18)5;1-6-19-13(18)9-10(14-5)11(7(2)3)17-12(9)15-8(4)16-17/h11-13,18H,8-9H2,1-6H3;6H2,1-4H3. The highest BCUT2D eigenvalue weighted by Gasteiger charge is 2.36. The van der Waals surface area contributed by atoms with Gasteiger partial charge in [-0.15, -0.1) is 10.2 Å². The van der Waals surface area contributed by atoms with Gasteiger partial charge in [0.25, 0.3) is 0 Å². The molecule has 4 heterocycles. The number of aromatic nitrogens is 6. The van der Waals surface area contributed by atoms with E-state index in [-0.39, 0.29) is 29.5 Å². The van der Waals surface area contributed by atoms with Crippen molar-refractivity contribution in [2.45, 2.75) is 88.2 Å². The van der Waals surface area contributed by atoms with Crippen molar-refractivity contribution in [2.75, 3.05) is 6.61 Å². The lowest BCUT2D eigenvalue weighted by atomic mass is 9.75. The van der Waals surface area contributed by atoms with E-state index in [0.29, 0.717) is 57.1 Å². The van der Waals surface area contributed by atoms with Crippen LogP contribution in [0.3, 0.4) is 0 Å². The Morgan fingerprint density at radius 1 is 0.867 bits per heavy atom. The van der Waals surface area contributed by atoms with Crippen molar-refractivity contribution in [3.05, 3.63) is 56.3 Å². The third-order valence-corrected chi connectivity index (χ3v) is 8.11. The molecule has 1 aliphatic carbocycles. The van der Waals surface area contributed by atoms with Gasteiger partial charge in [-0.3, -0.25) is 4.40 Å². The Bertz CT molecular complexity index is 1970. The molecule has 2 unspecified atom stereocenters. The van der Waals surface area contributed by atoms with Gasteiger partial charge in [-0.05, 0) is 79.1 Å². The summed E-state index contributed by atoms with van der Waals surface area (Å²) in [5.41, 5.74) is 3.66. The van der Waals surface area contributed by atoms with Crippen LogP contribution in [-0.4, -0.2) is 53.8 Å². The lowest BCUT2D eigenvalue weighted by Gasteiger charge is -2.37. The van der Waals surface area contributed by atoms with Gasteiger partial charge in [0.15, 0.2) is 11.3 Å². The van der Waals surface area contributed by atoms with Gasteiger partial charge in [0.05, 0.1) is 30.4 Å². The Morgan fingerprint density at radius 3 is 1.96 bits per heavy atom. The molecular weight excluding hydrogens is 572 g/mol. The summed E-state index contributed by atoms with van der Waals surface area (Å²) in [5.74, 6) is 1.48. The quantitative estimate of drug-likeness (QED) is 0.222. The molecule has 0 aliphatic heterocycles. The van der Waals surface area contributed by atoms with Gasteiger partial charge in [-0.1, -0.05) is 31.9 Å². The molecule has 4 aromatic heterocycles. The maximum Gasteiger partial charge on any atom is 0.331 e. The molecule has 1 saturated carbocycles. The second-order valence-corrected chi connectivity index (χ2v) is 12.3. The van der Waals surface area contributed by atoms with Crippen LogP contribution >= 0.6 is 0 Å². The van der Waals surface area contributed by atoms with Crippen molar-refractivity contribution in [3.63, 3.8) is 0 Å². The van der Waals surface area contributed by atoms with Crippen LogP contribution in [0.2, 0.25) is 0 Å². The monoisotopic (exact) mass is 612 g/mol. The van der Waals surface area contributed by atoms with E-state index in [1.165, 1.54) is 0 Å². The van der Waals surface area contributed by atoms with Gasteiger partial charge in [-0.2, -0.15) is 5.10 Å². The van der Waals surface area contributed by atoms with Crippen molar-refractivity contribution < 1.29 is 19.1 Å². The molecule has 4 aromatic rings. The van der Waals surface area contributed by atoms with Gasteiger partial charge in [0.1, 0.15) is 28.9 Å². The Morgan fingerprint density at radius 2 is 1.42 bits per heavy atom. The molecule has 236 valence electrons. The van der Waals surface area contributed by atoms with E-state index >= 15 is 0 Å². The molecule has 0 saturated heterocycles. The number of nitrogens with zero attached hydrogens (tertiary/aromatic N) is 8. The zero-order valence-corrected chi connectivity index (χ0v) is 27.6. The lowest BCUT2D eigenvalue weighted by Crippen LogP contribution is -2.37. The Kier molecular flexibility index (Phi) is 9.57. The van der Waals surface area contributed by atoms with Crippen molar-refractivity contribution in [3.8, 4) is 0 Å². The van der Waals surface area contributed by atoms with Gasteiger partial charge in [0.2, 0.25) is 11.4 Å². The minimum Gasteiger partial charge on any atom is -0.463 e. The smallest absolute Gasteiger partial charge is 0.331 e. The van der Waals surface area contributed by atoms with Crippen LogP contribution in [-0.2, 0) is 9.47 Å². The molecule has 0 amide bonds. The summed E-state index contributed by atoms with van der Waals surface area (Å²) >= 11 is 0. The summed E-state index contributed by atoms with van der Waals surface area (Å²) in [4.78, 5) is 36.4. The largest absolute Gasteiger partial charge is 0.463 e. The van der Waals surface area contributed by atoms with Crippen LogP contribution in [0.25, 0.3) is 32.1 Å². The van der Waals surface area contributed by atoms with Crippen LogP contribution < -0.4 is 10.7 Å². The average Bonchev–Trinajstić information content (AvgIpc) is 3.68. The normalized spacial score (nSPS) is 19.4. The highest BCUT2D eigenvalue weighted by Crippen LogP contribution is 2.36. The maximum absolute atomic E-state index is 13.1. The Balaban J connectivity index is 0.000000215. The van der Waals surface area contributed by atoms with E-state index in [2.05, 4.69) is 50.7 Å². The third kappa shape index (κ3) is 5.97. The predicted molar refractivity (Wildman–Crippen MR) is 170 cm³/mol. The molecule has 5 rings (SSSR count). The summed E-state index contributed by atoms with van der Waals surface area (Å²) in [5, 5.41) is 13.8. The molecule has 0 bridgehead atoms. The Labute approximate surface area is 262 Å². The first-order chi connectivity index (χ1) is 21.3. The molecule has 12 nitrogen and oxygen atoms in total. The second-order valence-electron chi connectivity index (χ2n) is 12.3. The van der Waals surface area contributed by atoms with Crippen LogP contribution in [0.5, 0.6) is 0 Å². The van der Waals surface area contributed by atoms with Crippen LogP contribution in [0, 0.1) is 44.7 Å². The third-order valence-electron chi connectivity index (χ3n) is 8.11. The highest BCUT2D eigenvalue weighted by atomic mass is 16.5. The fraction of sp³-hybridized carbons (Fsp3) is 0.515. The summed E-state index contributed by atoms with van der Waals surface area (Å²) < 4.78 is 14.3. The number of esters is 2. The minimum atomic E-state index is -0.529. The molecule has 1 fully saturated rings. The summed E-state index contributed by atoms with van der Waals surface area (Å²) in [6.07, 6.45) is 1.96.